The third-order valence-corrected chi connectivity index (χ3v) is 5.98. The van der Waals surface area contributed by atoms with E-state index in [-0.39, 0.29) is 29.3 Å². The molecule has 1 saturated heterocycles. The van der Waals surface area contributed by atoms with Gasteiger partial charge in [0.15, 0.2) is 0 Å². The number of para-hydroxylation sites is 1. The highest BCUT2D eigenvalue weighted by atomic mass is 16.5. The number of likely N-dealkylation sites (tertiary alicyclic amines) is 1. The number of piperidine rings is 1. The maximum Gasteiger partial charge on any atom is 0.243 e. The predicted octanol–water partition coefficient (Wildman–Crippen LogP) is 1.96. The summed E-state index contributed by atoms with van der Waals surface area (Å²) in [5.41, 5.74) is 0.816. The monoisotopic (exact) mass is 432 g/mol. The first-order valence-electron chi connectivity index (χ1n) is 11.3. The van der Waals surface area contributed by atoms with Crippen LogP contribution in [0.5, 0.6) is 5.75 Å². The summed E-state index contributed by atoms with van der Waals surface area (Å²) in [4.78, 5) is 27.9. The number of benzene rings is 1. The van der Waals surface area contributed by atoms with Gasteiger partial charge in [-0.15, -0.1) is 0 Å². The van der Waals surface area contributed by atoms with Crippen molar-refractivity contribution in [3.05, 3.63) is 29.8 Å². The minimum absolute atomic E-state index is 0.0856. The van der Waals surface area contributed by atoms with Crippen molar-refractivity contribution in [1.82, 2.24) is 20.9 Å². The molecule has 0 radical (unpaired) electrons. The number of hydrogen-bond acceptors (Lipinski definition) is 5. The molecule has 1 aromatic carbocycles. The van der Waals surface area contributed by atoms with Crippen molar-refractivity contribution in [2.45, 2.75) is 65.1 Å². The number of nitrogens with one attached hydrogen (secondary N) is 3. The van der Waals surface area contributed by atoms with E-state index in [1.54, 1.807) is 21.1 Å². The zero-order valence-corrected chi connectivity index (χ0v) is 20.0. The molecule has 3 atom stereocenters. The van der Waals surface area contributed by atoms with E-state index in [1.165, 1.54) is 5.56 Å². The maximum atomic E-state index is 13.1. The molecule has 0 bridgehead atoms. The third-order valence-electron chi connectivity index (χ3n) is 5.98. The number of carbonyl (C=O) groups is 2. The first-order chi connectivity index (χ1) is 14.7. The summed E-state index contributed by atoms with van der Waals surface area (Å²) in [6.45, 7) is 10.5. The van der Waals surface area contributed by atoms with E-state index in [1.807, 2.05) is 39.0 Å². The lowest BCUT2D eigenvalue weighted by Crippen LogP contribution is -2.59. The minimum atomic E-state index is -0.584. The molecule has 0 saturated carbocycles. The molecule has 2 rings (SSSR count). The number of likely N-dealkylation sites (N-methyl/N-ethyl adjacent to an activating group) is 1. The van der Waals surface area contributed by atoms with Crippen LogP contribution in [0.2, 0.25) is 0 Å². The molecule has 0 aromatic heterocycles. The van der Waals surface area contributed by atoms with Crippen LogP contribution in [0.15, 0.2) is 24.3 Å². The first kappa shape index (κ1) is 25.1. The van der Waals surface area contributed by atoms with E-state index in [2.05, 4.69) is 26.9 Å². The summed E-state index contributed by atoms with van der Waals surface area (Å²) in [5.74, 6) is 0.643. The third kappa shape index (κ3) is 7.51. The summed E-state index contributed by atoms with van der Waals surface area (Å²) in [6, 6.07) is 7.26. The van der Waals surface area contributed by atoms with Gasteiger partial charge in [-0.1, -0.05) is 39.0 Å². The highest BCUT2D eigenvalue weighted by Gasteiger charge is 2.35. The molecule has 31 heavy (non-hydrogen) atoms. The molecular formula is C24H40N4O3. The number of amides is 2. The first-order valence-corrected chi connectivity index (χ1v) is 11.3. The lowest BCUT2D eigenvalue weighted by Gasteiger charge is -2.36. The molecule has 0 spiro atoms. The van der Waals surface area contributed by atoms with Crippen LogP contribution >= 0.6 is 0 Å². The van der Waals surface area contributed by atoms with Crippen molar-refractivity contribution in [2.24, 2.45) is 5.41 Å². The second kappa shape index (κ2) is 11.5. The van der Waals surface area contributed by atoms with E-state index >= 15 is 0 Å². The lowest BCUT2D eigenvalue weighted by atomic mass is 9.85. The molecule has 174 valence electrons. The van der Waals surface area contributed by atoms with E-state index in [0.717, 1.165) is 44.6 Å². The molecule has 1 aliphatic rings. The van der Waals surface area contributed by atoms with Gasteiger partial charge in [0.05, 0.1) is 13.2 Å². The van der Waals surface area contributed by atoms with Crippen LogP contribution in [0.3, 0.4) is 0 Å². The Bertz CT molecular complexity index is 732. The molecule has 3 N–H and O–H groups in total. The Kier molecular flexibility index (Phi) is 9.32. The van der Waals surface area contributed by atoms with Crippen molar-refractivity contribution >= 4 is 11.8 Å². The molecule has 0 unspecified atom stereocenters. The molecule has 1 fully saturated rings. The van der Waals surface area contributed by atoms with Crippen LogP contribution in [-0.4, -0.2) is 68.6 Å². The Hall–Kier alpha value is -2.12. The summed E-state index contributed by atoms with van der Waals surface area (Å²) in [6.07, 6.45) is 2.90. The average Bonchev–Trinajstić information content (AvgIpc) is 2.74. The van der Waals surface area contributed by atoms with Gasteiger partial charge in [0, 0.05) is 19.1 Å². The fourth-order valence-corrected chi connectivity index (χ4v) is 3.92. The number of hydrogen-bond donors (Lipinski definition) is 3. The van der Waals surface area contributed by atoms with E-state index in [0.29, 0.717) is 0 Å². The topological polar surface area (TPSA) is 82.7 Å². The molecule has 1 aromatic rings. The standard InChI is InChI=1S/C24H40N4O3/c1-17(25-5)22(29)27-21(24(2,3)4)23(30)26-19-11-9-14-28(16-19)15-13-18-10-7-8-12-20(18)31-6/h7-8,10,12,17,19,21,25H,9,11,13-16H2,1-6H3,(H,26,30)(H,27,29)/t17-,19-,21+/m0/s1. The van der Waals surface area contributed by atoms with Crippen LogP contribution in [-0.2, 0) is 16.0 Å². The average molecular weight is 433 g/mol. The van der Waals surface area contributed by atoms with Crippen LogP contribution in [0.25, 0.3) is 0 Å². The maximum absolute atomic E-state index is 13.1. The SMILES string of the molecule is CN[C@@H](C)C(=O)N[C@H](C(=O)N[C@H]1CCCN(CCc2ccccc2OC)C1)C(C)(C)C. The van der Waals surface area contributed by atoms with Crippen LogP contribution in [0.4, 0.5) is 0 Å². The normalized spacial score (nSPS) is 19.4. The Morgan fingerprint density at radius 2 is 1.94 bits per heavy atom. The number of rotatable bonds is 9. The molecule has 2 amide bonds. The predicted molar refractivity (Wildman–Crippen MR) is 124 cm³/mol. The molecule has 7 heteroatoms. The van der Waals surface area contributed by atoms with Gasteiger partial charge >= 0.3 is 0 Å². The molecule has 1 aliphatic heterocycles. The van der Waals surface area contributed by atoms with Gasteiger partial charge in [-0.2, -0.15) is 0 Å². The van der Waals surface area contributed by atoms with Gasteiger partial charge in [0.1, 0.15) is 11.8 Å². The Balaban J connectivity index is 1.94. The number of methoxy groups -OCH3 is 1. The van der Waals surface area contributed by atoms with Crippen molar-refractivity contribution in [3.63, 3.8) is 0 Å². The number of ether oxygens (including phenoxy) is 1. The lowest BCUT2D eigenvalue weighted by molar-refractivity contribution is -0.133. The quantitative estimate of drug-likeness (QED) is 0.556. The van der Waals surface area contributed by atoms with Gasteiger partial charge < -0.3 is 25.6 Å². The molecular weight excluding hydrogens is 392 g/mol. The number of nitrogens with zero attached hydrogens (tertiary/aromatic N) is 1. The van der Waals surface area contributed by atoms with Crippen LogP contribution in [0, 0.1) is 5.41 Å². The molecule has 0 aliphatic carbocycles. The van der Waals surface area contributed by atoms with Crippen molar-refractivity contribution < 1.29 is 14.3 Å². The minimum Gasteiger partial charge on any atom is -0.496 e. The van der Waals surface area contributed by atoms with Gasteiger partial charge in [0.25, 0.3) is 0 Å². The Labute approximate surface area is 187 Å². The Morgan fingerprint density at radius 3 is 2.58 bits per heavy atom. The highest BCUT2D eigenvalue weighted by molar-refractivity contribution is 5.90. The number of carbonyl (C=O) groups excluding carboxylic acids is 2. The zero-order valence-electron chi connectivity index (χ0n) is 20.0. The smallest absolute Gasteiger partial charge is 0.243 e. The summed E-state index contributed by atoms with van der Waals surface area (Å²) in [7, 11) is 3.44. The van der Waals surface area contributed by atoms with Gasteiger partial charge in [-0.25, -0.2) is 0 Å². The second-order valence-corrected chi connectivity index (χ2v) is 9.53. The van der Waals surface area contributed by atoms with E-state index in [4.69, 9.17) is 4.74 Å². The van der Waals surface area contributed by atoms with Gasteiger partial charge in [0.2, 0.25) is 11.8 Å². The van der Waals surface area contributed by atoms with Gasteiger partial charge in [-0.05, 0) is 56.8 Å². The summed E-state index contributed by atoms with van der Waals surface area (Å²) >= 11 is 0. The Morgan fingerprint density at radius 1 is 1.23 bits per heavy atom. The van der Waals surface area contributed by atoms with Crippen molar-refractivity contribution in [3.8, 4) is 5.75 Å². The largest absolute Gasteiger partial charge is 0.496 e. The summed E-state index contributed by atoms with van der Waals surface area (Å²) < 4.78 is 5.46. The second-order valence-electron chi connectivity index (χ2n) is 9.53. The molecule has 1 heterocycles. The van der Waals surface area contributed by atoms with Crippen molar-refractivity contribution in [1.29, 1.82) is 0 Å². The highest BCUT2D eigenvalue weighted by Crippen LogP contribution is 2.21. The summed E-state index contributed by atoms with van der Waals surface area (Å²) in [5, 5.41) is 9.05. The van der Waals surface area contributed by atoms with Crippen LogP contribution in [0.1, 0.15) is 46.1 Å². The van der Waals surface area contributed by atoms with Gasteiger partial charge in [-0.3, -0.25) is 9.59 Å². The zero-order chi connectivity index (χ0) is 23.0. The van der Waals surface area contributed by atoms with Crippen LogP contribution < -0.4 is 20.7 Å². The van der Waals surface area contributed by atoms with E-state index < -0.39 is 6.04 Å². The fraction of sp³-hybridized carbons (Fsp3) is 0.667. The van der Waals surface area contributed by atoms with Crippen molar-refractivity contribution in [2.75, 3.05) is 33.8 Å². The van der Waals surface area contributed by atoms with E-state index in [9.17, 15) is 9.59 Å². The fourth-order valence-electron chi connectivity index (χ4n) is 3.92. The molecule has 7 nitrogen and oxygen atoms in total.